The highest BCUT2D eigenvalue weighted by Gasteiger charge is 2.14. The van der Waals surface area contributed by atoms with E-state index in [1.807, 2.05) is 14.1 Å². The Balaban J connectivity index is 2.35. The van der Waals surface area contributed by atoms with Crippen LogP contribution in [-0.4, -0.2) is 47.7 Å². The zero-order chi connectivity index (χ0) is 7.56. The smallest absolute Gasteiger partial charge is 0.194 e. The largest absolute Gasteiger partial charge is 0.363 e. The number of hydrogen-bond donors (Lipinski definition) is 1. The Bertz CT molecular complexity index is 147. The quantitative estimate of drug-likeness (QED) is 0.618. The SMILES string of the molecule is CN(C)CC1=NC(O)SC1. The van der Waals surface area contributed by atoms with Gasteiger partial charge in [0.2, 0.25) is 0 Å². The van der Waals surface area contributed by atoms with E-state index in [1.165, 1.54) is 11.8 Å². The summed E-state index contributed by atoms with van der Waals surface area (Å²) < 4.78 is 0. The van der Waals surface area contributed by atoms with Gasteiger partial charge in [-0.25, -0.2) is 0 Å². The average Bonchev–Trinajstić information content (AvgIpc) is 2.13. The highest BCUT2D eigenvalue weighted by molar-refractivity contribution is 8.00. The number of nitrogens with zero attached hydrogens (tertiary/aromatic N) is 2. The number of hydrogen-bond acceptors (Lipinski definition) is 4. The van der Waals surface area contributed by atoms with Gasteiger partial charge < -0.3 is 10.0 Å². The predicted octanol–water partition coefficient (Wildman–Crippen LogP) is 0.0117. The first-order valence-electron chi connectivity index (χ1n) is 3.18. The lowest BCUT2D eigenvalue weighted by atomic mass is 10.4. The molecule has 3 nitrogen and oxygen atoms in total. The van der Waals surface area contributed by atoms with Gasteiger partial charge in [-0.1, -0.05) is 0 Å². The molecule has 1 aliphatic rings. The molecule has 0 spiro atoms. The number of rotatable bonds is 2. The van der Waals surface area contributed by atoms with E-state index in [2.05, 4.69) is 9.89 Å². The molecular weight excluding hydrogens is 148 g/mol. The van der Waals surface area contributed by atoms with E-state index in [-0.39, 0.29) is 0 Å². The first kappa shape index (κ1) is 8.04. The Morgan fingerprint density at radius 1 is 1.80 bits per heavy atom. The van der Waals surface area contributed by atoms with Crippen molar-refractivity contribution >= 4 is 17.5 Å². The lowest BCUT2D eigenvalue weighted by molar-refractivity contribution is 0.276. The summed E-state index contributed by atoms with van der Waals surface area (Å²) in [6, 6.07) is 0. The first-order chi connectivity index (χ1) is 4.68. The van der Waals surface area contributed by atoms with Gasteiger partial charge in [-0.05, 0) is 14.1 Å². The fourth-order valence-corrected chi connectivity index (χ4v) is 1.58. The molecule has 0 aromatic rings. The van der Waals surface area contributed by atoms with Gasteiger partial charge in [0.25, 0.3) is 0 Å². The van der Waals surface area contributed by atoms with Crippen molar-refractivity contribution in [1.29, 1.82) is 0 Å². The Labute approximate surface area is 65.1 Å². The second-order valence-electron chi connectivity index (χ2n) is 2.57. The van der Waals surface area contributed by atoms with Crippen LogP contribution in [0.2, 0.25) is 0 Å². The van der Waals surface area contributed by atoms with Crippen LogP contribution in [0, 0.1) is 0 Å². The van der Waals surface area contributed by atoms with Gasteiger partial charge in [-0.2, -0.15) is 0 Å². The van der Waals surface area contributed by atoms with Crippen molar-refractivity contribution in [1.82, 2.24) is 4.90 Å². The van der Waals surface area contributed by atoms with Crippen LogP contribution in [0.15, 0.2) is 4.99 Å². The van der Waals surface area contributed by atoms with Crippen LogP contribution < -0.4 is 0 Å². The fraction of sp³-hybridized carbons (Fsp3) is 0.833. The summed E-state index contributed by atoms with van der Waals surface area (Å²) in [5, 5.41) is 8.97. The molecule has 0 saturated heterocycles. The van der Waals surface area contributed by atoms with Gasteiger partial charge in [-0.3, -0.25) is 4.99 Å². The summed E-state index contributed by atoms with van der Waals surface area (Å²) in [6.45, 7) is 0.865. The topological polar surface area (TPSA) is 35.8 Å². The Hall–Kier alpha value is -0.0600. The third kappa shape index (κ3) is 2.28. The summed E-state index contributed by atoms with van der Waals surface area (Å²) in [6.07, 6.45) is 0. The van der Waals surface area contributed by atoms with Crippen LogP contribution in [0.1, 0.15) is 0 Å². The van der Waals surface area contributed by atoms with Crippen LogP contribution in [0.3, 0.4) is 0 Å². The van der Waals surface area contributed by atoms with Crippen LogP contribution in [0.25, 0.3) is 0 Å². The van der Waals surface area contributed by atoms with E-state index in [0.29, 0.717) is 0 Å². The van der Waals surface area contributed by atoms with Gasteiger partial charge in [-0.15, -0.1) is 11.8 Å². The molecule has 10 heavy (non-hydrogen) atoms. The van der Waals surface area contributed by atoms with Crippen molar-refractivity contribution in [3.8, 4) is 0 Å². The summed E-state index contributed by atoms with van der Waals surface area (Å²) >= 11 is 1.47. The van der Waals surface area contributed by atoms with Crippen LogP contribution in [0.5, 0.6) is 0 Å². The maximum atomic E-state index is 8.97. The third-order valence-electron chi connectivity index (χ3n) is 1.19. The van der Waals surface area contributed by atoms with Gasteiger partial charge in [0.15, 0.2) is 5.56 Å². The normalized spacial score (nSPS) is 25.6. The highest BCUT2D eigenvalue weighted by Crippen LogP contribution is 2.17. The maximum Gasteiger partial charge on any atom is 0.194 e. The molecule has 0 aromatic carbocycles. The highest BCUT2D eigenvalue weighted by atomic mass is 32.2. The van der Waals surface area contributed by atoms with Crippen LogP contribution in [-0.2, 0) is 0 Å². The van der Waals surface area contributed by atoms with Crippen molar-refractivity contribution in [3.05, 3.63) is 0 Å². The predicted molar refractivity (Wildman–Crippen MR) is 44.5 cm³/mol. The number of aliphatic hydroxyl groups is 1. The summed E-state index contributed by atoms with van der Waals surface area (Å²) in [4.78, 5) is 6.08. The maximum absolute atomic E-state index is 8.97. The molecular formula is C6H12N2OS. The molecule has 58 valence electrons. The van der Waals surface area contributed by atoms with Crippen molar-refractivity contribution < 1.29 is 5.11 Å². The molecule has 1 N–H and O–H groups in total. The zero-order valence-electron chi connectivity index (χ0n) is 6.24. The summed E-state index contributed by atoms with van der Waals surface area (Å²) in [5.41, 5.74) is 0.581. The Morgan fingerprint density at radius 3 is 2.90 bits per heavy atom. The molecule has 1 atom stereocenters. The molecule has 1 unspecified atom stereocenters. The molecule has 1 rings (SSSR count). The monoisotopic (exact) mass is 160 g/mol. The van der Waals surface area contributed by atoms with E-state index in [1.54, 1.807) is 0 Å². The van der Waals surface area contributed by atoms with Crippen molar-refractivity contribution in [2.24, 2.45) is 4.99 Å². The van der Waals surface area contributed by atoms with E-state index in [9.17, 15) is 0 Å². The fourth-order valence-electron chi connectivity index (χ4n) is 0.853. The molecule has 0 amide bonds. The van der Waals surface area contributed by atoms with E-state index in [0.717, 1.165) is 18.0 Å². The minimum Gasteiger partial charge on any atom is -0.363 e. The second kappa shape index (κ2) is 3.37. The van der Waals surface area contributed by atoms with Crippen LogP contribution in [0.4, 0.5) is 0 Å². The summed E-state index contributed by atoms with van der Waals surface area (Å²) in [7, 11) is 4.00. The van der Waals surface area contributed by atoms with Crippen molar-refractivity contribution in [3.63, 3.8) is 0 Å². The lowest BCUT2D eigenvalue weighted by Gasteiger charge is -2.07. The summed E-state index contributed by atoms with van der Waals surface area (Å²) in [5.74, 6) is 0.874. The molecule has 0 fully saturated rings. The van der Waals surface area contributed by atoms with Gasteiger partial charge in [0.05, 0.1) is 0 Å². The third-order valence-corrected chi connectivity index (χ3v) is 2.09. The molecule has 1 aliphatic heterocycles. The van der Waals surface area contributed by atoms with E-state index >= 15 is 0 Å². The van der Waals surface area contributed by atoms with E-state index < -0.39 is 5.56 Å². The van der Waals surface area contributed by atoms with Crippen LogP contribution >= 0.6 is 11.8 Å². The number of thioether (sulfide) groups is 1. The molecule has 0 radical (unpaired) electrons. The second-order valence-corrected chi connectivity index (χ2v) is 3.61. The molecule has 0 saturated carbocycles. The first-order valence-corrected chi connectivity index (χ1v) is 4.23. The minimum absolute atomic E-state index is 0.505. The Morgan fingerprint density at radius 2 is 2.50 bits per heavy atom. The minimum atomic E-state index is -0.505. The molecule has 1 heterocycles. The standard InChI is InChI=1S/C6H12N2OS/c1-8(2)3-5-4-10-6(9)7-5/h6,9H,3-4H2,1-2H3. The lowest BCUT2D eigenvalue weighted by Crippen LogP contribution is -2.21. The molecule has 0 bridgehead atoms. The molecule has 0 aliphatic carbocycles. The van der Waals surface area contributed by atoms with E-state index in [4.69, 9.17) is 5.11 Å². The van der Waals surface area contributed by atoms with Crippen molar-refractivity contribution in [2.75, 3.05) is 26.4 Å². The number of aliphatic hydroxyl groups excluding tert-OH is 1. The van der Waals surface area contributed by atoms with Gasteiger partial charge in [0.1, 0.15) is 0 Å². The molecule has 4 heteroatoms. The average molecular weight is 160 g/mol. The number of aliphatic imine (C=N–C) groups is 1. The van der Waals surface area contributed by atoms with Gasteiger partial charge >= 0.3 is 0 Å². The zero-order valence-corrected chi connectivity index (χ0v) is 7.06. The van der Waals surface area contributed by atoms with Gasteiger partial charge in [0, 0.05) is 18.0 Å². The Kier molecular flexibility index (Phi) is 2.71. The van der Waals surface area contributed by atoms with Crippen molar-refractivity contribution in [2.45, 2.75) is 5.56 Å². The molecule has 0 aromatic heterocycles.